The summed E-state index contributed by atoms with van der Waals surface area (Å²) >= 11 is 2.89. The van der Waals surface area contributed by atoms with Gasteiger partial charge in [0.05, 0.1) is 10.6 Å². The van der Waals surface area contributed by atoms with Crippen LogP contribution in [0.2, 0.25) is 0 Å². The summed E-state index contributed by atoms with van der Waals surface area (Å²) in [6, 6.07) is 6.42. The molecule has 2 amide bonds. The van der Waals surface area contributed by atoms with Gasteiger partial charge in [0.1, 0.15) is 4.83 Å². The van der Waals surface area contributed by atoms with Gasteiger partial charge in [0.15, 0.2) is 5.16 Å². The zero-order valence-corrected chi connectivity index (χ0v) is 19.1. The number of primary amides is 1. The third kappa shape index (κ3) is 4.24. The van der Waals surface area contributed by atoms with Crippen LogP contribution in [-0.2, 0) is 24.2 Å². The Hall–Kier alpha value is -2.65. The van der Waals surface area contributed by atoms with Crippen LogP contribution in [0.3, 0.4) is 0 Å². The predicted molar refractivity (Wildman–Crippen MR) is 125 cm³/mol. The van der Waals surface area contributed by atoms with Crippen molar-refractivity contribution in [3.8, 4) is 0 Å². The highest BCUT2D eigenvalue weighted by Crippen LogP contribution is 2.36. The minimum absolute atomic E-state index is 0.00315. The van der Waals surface area contributed by atoms with Gasteiger partial charge in [-0.2, -0.15) is 0 Å². The number of nitrogens with two attached hydrogens (primary N) is 1. The van der Waals surface area contributed by atoms with Crippen molar-refractivity contribution in [2.45, 2.75) is 56.5 Å². The molecule has 2 heterocycles. The summed E-state index contributed by atoms with van der Waals surface area (Å²) in [6.07, 6.45) is 3.86. The molecular formula is C22H24N4O3S2. The van der Waals surface area contributed by atoms with E-state index in [1.54, 1.807) is 47.1 Å². The number of thioether (sulfide) groups is 1. The fourth-order valence-electron chi connectivity index (χ4n) is 3.74. The summed E-state index contributed by atoms with van der Waals surface area (Å²) in [5, 5.41) is 3.72. The standard InChI is InChI=1S/C22H24N4O3S2/c1-3-11-26-21(29)17-15-5-4-6-16(15)31-20(17)25-22(26)30-12(2)19(28)24-14-9-7-13(8-10-14)18(23)27/h7-10,12H,3-6,11H2,1-2H3,(H2,23,27)(H,24,28). The van der Waals surface area contributed by atoms with Gasteiger partial charge in [0, 0.05) is 22.7 Å². The number of amides is 2. The Labute approximate surface area is 188 Å². The SMILES string of the molecule is CCCn1c(SC(C)C(=O)Nc2ccc(C(N)=O)cc2)nc2sc3c(c2c1=O)CCC3. The average molecular weight is 457 g/mol. The van der Waals surface area contributed by atoms with Crippen molar-refractivity contribution in [2.75, 3.05) is 5.32 Å². The quantitative estimate of drug-likeness (QED) is 0.417. The topological polar surface area (TPSA) is 107 Å². The zero-order chi connectivity index (χ0) is 22.1. The molecule has 0 aliphatic heterocycles. The van der Waals surface area contributed by atoms with E-state index in [9.17, 15) is 14.4 Å². The van der Waals surface area contributed by atoms with Crippen LogP contribution in [0.4, 0.5) is 5.69 Å². The summed E-state index contributed by atoms with van der Waals surface area (Å²) < 4.78 is 1.71. The van der Waals surface area contributed by atoms with E-state index in [2.05, 4.69) is 5.32 Å². The first-order chi connectivity index (χ1) is 14.9. The molecule has 3 N–H and O–H groups in total. The third-order valence-corrected chi connectivity index (χ3v) is 7.60. The number of aromatic nitrogens is 2. The number of hydrogen-bond acceptors (Lipinski definition) is 6. The molecule has 0 fully saturated rings. The molecule has 7 nitrogen and oxygen atoms in total. The van der Waals surface area contributed by atoms with Crippen LogP contribution in [0.15, 0.2) is 34.2 Å². The molecule has 4 rings (SSSR count). The number of rotatable bonds is 7. The Bertz CT molecular complexity index is 1210. The first-order valence-electron chi connectivity index (χ1n) is 10.3. The highest BCUT2D eigenvalue weighted by Gasteiger charge is 2.25. The van der Waals surface area contributed by atoms with Crippen LogP contribution in [0, 0.1) is 0 Å². The molecule has 0 saturated carbocycles. The van der Waals surface area contributed by atoms with Crippen LogP contribution >= 0.6 is 23.1 Å². The number of carbonyl (C=O) groups excluding carboxylic acids is 2. The van der Waals surface area contributed by atoms with E-state index in [0.717, 1.165) is 35.9 Å². The van der Waals surface area contributed by atoms with E-state index in [1.165, 1.54) is 22.2 Å². The Kier molecular flexibility index (Phi) is 6.15. The molecule has 3 aromatic rings. The molecule has 1 atom stereocenters. The van der Waals surface area contributed by atoms with Gasteiger partial charge in [0.2, 0.25) is 11.8 Å². The number of benzene rings is 1. The van der Waals surface area contributed by atoms with E-state index >= 15 is 0 Å². The highest BCUT2D eigenvalue weighted by atomic mass is 32.2. The monoisotopic (exact) mass is 456 g/mol. The zero-order valence-electron chi connectivity index (χ0n) is 17.4. The molecule has 1 aliphatic carbocycles. The van der Waals surface area contributed by atoms with Crippen LogP contribution in [-0.4, -0.2) is 26.6 Å². The third-order valence-electron chi connectivity index (χ3n) is 5.33. The maximum absolute atomic E-state index is 13.3. The molecule has 2 aromatic heterocycles. The second-order valence-electron chi connectivity index (χ2n) is 7.58. The Morgan fingerprint density at radius 3 is 2.71 bits per heavy atom. The number of hydrogen-bond donors (Lipinski definition) is 2. The normalized spacial score (nSPS) is 13.9. The van der Waals surface area contributed by atoms with Crippen molar-refractivity contribution in [3.05, 3.63) is 50.6 Å². The van der Waals surface area contributed by atoms with Crippen molar-refractivity contribution >= 4 is 50.8 Å². The van der Waals surface area contributed by atoms with E-state index in [1.807, 2.05) is 6.92 Å². The summed E-state index contributed by atoms with van der Waals surface area (Å²) in [4.78, 5) is 44.0. The van der Waals surface area contributed by atoms with Crippen molar-refractivity contribution in [1.29, 1.82) is 0 Å². The number of nitrogens with zero attached hydrogens (tertiary/aromatic N) is 2. The average Bonchev–Trinajstić information content (AvgIpc) is 3.32. The van der Waals surface area contributed by atoms with Crippen molar-refractivity contribution < 1.29 is 9.59 Å². The number of thiophene rings is 1. The minimum atomic E-state index is -0.517. The lowest BCUT2D eigenvalue weighted by Gasteiger charge is -2.15. The molecule has 162 valence electrons. The number of fused-ring (bicyclic) bond motifs is 3. The van der Waals surface area contributed by atoms with Gasteiger partial charge >= 0.3 is 0 Å². The number of aryl methyl sites for hydroxylation is 2. The van der Waals surface area contributed by atoms with Crippen LogP contribution in [0.5, 0.6) is 0 Å². The molecule has 0 saturated heterocycles. The first kappa shape index (κ1) is 21.6. The number of carbonyl (C=O) groups is 2. The van der Waals surface area contributed by atoms with E-state index in [0.29, 0.717) is 23.0 Å². The summed E-state index contributed by atoms with van der Waals surface area (Å²) in [5.74, 6) is -0.723. The van der Waals surface area contributed by atoms with E-state index < -0.39 is 11.2 Å². The number of anilines is 1. The molecule has 31 heavy (non-hydrogen) atoms. The largest absolute Gasteiger partial charge is 0.366 e. The van der Waals surface area contributed by atoms with E-state index in [-0.39, 0.29) is 11.5 Å². The summed E-state index contributed by atoms with van der Waals surface area (Å²) in [5.41, 5.74) is 7.38. The summed E-state index contributed by atoms with van der Waals surface area (Å²) in [6.45, 7) is 4.38. The van der Waals surface area contributed by atoms with Crippen molar-refractivity contribution in [2.24, 2.45) is 5.73 Å². The molecule has 0 radical (unpaired) electrons. The summed E-state index contributed by atoms with van der Waals surface area (Å²) in [7, 11) is 0. The second-order valence-corrected chi connectivity index (χ2v) is 9.97. The lowest BCUT2D eigenvalue weighted by Crippen LogP contribution is -2.27. The highest BCUT2D eigenvalue weighted by molar-refractivity contribution is 8.00. The molecule has 1 unspecified atom stereocenters. The fourth-order valence-corrected chi connectivity index (χ4v) is 5.98. The lowest BCUT2D eigenvalue weighted by atomic mass is 10.2. The molecule has 0 spiro atoms. The molecular weight excluding hydrogens is 432 g/mol. The van der Waals surface area contributed by atoms with Gasteiger partial charge in [-0.15, -0.1) is 11.3 Å². The molecule has 1 aromatic carbocycles. The Morgan fingerprint density at radius 2 is 2.03 bits per heavy atom. The number of nitrogens with one attached hydrogen (secondary N) is 1. The van der Waals surface area contributed by atoms with Crippen LogP contribution < -0.4 is 16.6 Å². The predicted octanol–water partition coefficient (Wildman–Crippen LogP) is 3.57. The van der Waals surface area contributed by atoms with Gasteiger partial charge in [0.25, 0.3) is 5.56 Å². The smallest absolute Gasteiger partial charge is 0.263 e. The fraction of sp³-hybridized carbons (Fsp3) is 0.364. The molecule has 1 aliphatic rings. The van der Waals surface area contributed by atoms with Gasteiger partial charge in [-0.3, -0.25) is 19.0 Å². The van der Waals surface area contributed by atoms with Gasteiger partial charge in [-0.1, -0.05) is 18.7 Å². The maximum Gasteiger partial charge on any atom is 0.263 e. The second kappa shape index (κ2) is 8.84. The molecule has 9 heteroatoms. The van der Waals surface area contributed by atoms with Gasteiger partial charge in [-0.25, -0.2) is 4.98 Å². The van der Waals surface area contributed by atoms with Crippen molar-refractivity contribution in [1.82, 2.24) is 9.55 Å². The van der Waals surface area contributed by atoms with Gasteiger partial charge in [-0.05, 0) is 62.4 Å². The molecule has 0 bridgehead atoms. The Balaban J connectivity index is 1.58. The lowest BCUT2D eigenvalue weighted by molar-refractivity contribution is -0.115. The first-order valence-corrected chi connectivity index (χ1v) is 12.0. The maximum atomic E-state index is 13.3. The van der Waals surface area contributed by atoms with Crippen molar-refractivity contribution in [3.63, 3.8) is 0 Å². The minimum Gasteiger partial charge on any atom is -0.366 e. The van der Waals surface area contributed by atoms with Crippen LogP contribution in [0.25, 0.3) is 10.2 Å². The van der Waals surface area contributed by atoms with E-state index in [4.69, 9.17) is 10.7 Å². The Morgan fingerprint density at radius 1 is 1.29 bits per heavy atom. The van der Waals surface area contributed by atoms with Gasteiger partial charge < -0.3 is 11.1 Å². The van der Waals surface area contributed by atoms with Crippen LogP contribution in [0.1, 0.15) is 47.5 Å².